The topological polar surface area (TPSA) is 104 Å². The molecule has 0 atom stereocenters. The summed E-state index contributed by atoms with van der Waals surface area (Å²) >= 11 is 5.85. The molecule has 7 nitrogen and oxygen atoms in total. The average Bonchev–Trinajstić information content (AvgIpc) is 2.34. The minimum Gasteiger partial charge on any atom is -0.429 e. The molecule has 0 radical (unpaired) electrons. The molecule has 2 rings (SSSR count). The molecule has 0 aliphatic heterocycles. The lowest BCUT2D eigenvalue weighted by Crippen LogP contribution is -1.97. The number of anilines is 1. The van der Waals surface area contributed by atoms with Gasteiger partial charge in [-0.2, -0.15) is 0 Å². The number of nitro benzene ring substituents is 1. The summed E-state index contributed by atoms with van der Waals surface area (Å²) in [5.74, 6) is 0.208. The number of nitrogens with zero attached hydrogens (tertiary/aromatic N) is 3. The first-order valence-corrected chi connectivity index (χ1v) is 5.15. The lowest BCUT2D eigenvalue weighted by Gasteiger charge is -2.06. The monoisotopic (exact) mass is 266 g/mol. The third-order valence-corrected chi connectivity index (χ3v) is 2.31. The van der Waals surface area contributed by atoms with E-state index in [2.05, 4.69) is 10.2 Å². The molecule has 18 heavy (non-hydrogen) atoms. The van der Waals surface area contributed by atoms with Gasteiger partial charge in [0.25, 0.3) is 0 Å². The predicted molar refractivity (Wildman–Crippen MR) is 64.6 cm³/mol. The van der Waals surface area contributed by atoms with Gasteiger partial charge in [0, 0.05) is 12.1 Å². The summed E-state index contributed by atoms with van der Waals surface area (Å²) in [6.07, 6.45) is 0. The zero-order chi connectivity index (χ0) is 13.1. The van der Waals surface area contributed by atoms with Crippen LogP contribution in [0.1, 0.15) is 0 Å². The Morgan fingerprint density at radius 1 is 1.28 bits per heavy atom. The van der Waals surface area contributed by atoms with E-state index in [4.69, 9.17) is 22.1 Å². The van der Waals surface area contributed by atoms with Crippen molar-refractivity contribution in [2.75, 3.05) is 5.73 Å². The Hall–Kier alpha value is -2.41. The van der Waals surface area contributed by atoms with Crippen LogP contribution < -0.4 is 10.5 Å². The molecular formula is C10H7ClN4O3. The van der Waals surface area contributed by atoms with Crippen LogP contribution in [0.2, 0.25) is 5.02 Å². The number of benzene rings is 1. The van der Waals surface area contributed by atoms with Crippen LogP contribution in [0.25, 0.3) is 0 Å². The number of aromatic nitrogens is 2. The van der Waals surface area contributed by atoms with Gasteiger partial charge in [0.2, 0.25) is 11.6 Å². The first kappa shape index (κ1) is 12.1. The number of nitro groups is 1. The molecule has 0 fully saturated rings. The molecular weight excluding hydrogens is 260 g/mol. The SMILES string of the molecule is Nc1ccc(Oc2c(Cl)cccc2[N+](=O)[O-])nn1. The highest BCUT2D eigenvalue weighted by Gasteiger charge is 2.19. The Morgan fingerprint density at radius 2 is 2.06 bits per heavy atom. The van der Waals surface area contributed by atoms with Crippen molar-refractivity contribution < 1.29 is 9.66 Å². The van der Waals surface area contributed by atoms with Gasteiger partial charge in [-0.15, -0.1) is 10.2 Å². The van der Waals surface area contributed by atoms with E-state index in [9.17, 15) is 10.1 Å². The van der Waals surface area contributed by atoms with Crippen LogP contribution in [-0.2, 0) is 0 Å². The van der Waals surface area contributed by atoms with Gasteiger partial charge in [0.1, 0.15) is 5.82 Å². The van der Waals surface area contributed by atoms with E-state index in [1.165, 1.54) is 30.3 Å². The number of nitrogens with two attached hydrogens (primary N) is 1. The molecule has 2 N–H and O–H groups in total. The number of nitrogen functional groups attached to an aromatic ring is 1. The minimum absolute atomic E-state index is 0.0698. The van der Waals surface area contributed by atoms with E-state index in [-0.39, 0.29) is 28.2 Å². The molecule has 8 heteroatoms. The summed E-state index contributed by atoms with van der Waals surface area (Å²) in [4.78, 5) is 10.2. The summed E-state index contributed by atoms with van der Waals surface area (Å²) in [5, 5.41) is 18.1. The molecule has 0 saturated heterocycles. The lowest BCUT2D eigenvalue weighted by atomic mass is 10.3. The van der Waals surface area contributed by atoms with Crippen molar-refractivity contribution in [1.29, 1.82) is 0 Å². The summed E-state index contributed by atoms with van der Waals surface area (Å²) in [7, 11) is 0. The second kappa shape index (κ2) is 4.84. The van der Waals surface area contributed by atoms with Gasteiger partial charge in [-0.3, -0.25) is 10.1 Å². The number of para-hydroxylation sites is 1. The maximum Gasteiger partial charge on any atom is 0.313 e. The van der Waals surface area contributed by atoms with E-state index < -0.39 is 4.92 Å². The molecule has 0 aliphatic rings. The summed E-state index contributed by atoms with van der Waals surface area (Å²) in [5.41, 5.74) is 5.12. The van der Waals surface area contributed by atoms with Gasteiger partial charge in [-0.1, -0.05) is 17.7 Å². The van der Waals surface area contributed by atoms with Crippen molar-refractivity contribution in [3.8, 4) is 11.6 Å². The molecule has 0 amide bonds. The van der Waals surface area contributed by atoms with Gasteiger partial charge in [0.15, 0.2) is 0 Å². The number of ether oxygens (including phenoxy) is 1. The zero-order valence-corrected chi connectivity index (χ0v) is 9.66. The first-order chi connectivity index (χ1) is 8.58. The number of rotatable bonds is 3. The van der Waals surface area contributed by atoms with Crippen LogP contribution in [0.3, 0.4) is 0 Å². The van der Waals surface area contributed by atoms with Gasteiger partial charge < -0.3 is 10.5 Å². The normalized spacial score (nSPS) is 10.1. The quantitative estimate of drug-likeness (QED) is 0.676. The Balaban J connectivity index is 2.39. The highest BCUT2D eigenvalue weighted by Crippen LogP contribution is 2.36. The van der Waals surface area contributed by atoms with Crippen molar-refractivity contribution in [2.45, 2.75) is 0 Å². The van der Waals surface area contributed by atoms with Crippen molar-refractivity contribution in [3.63, 3.8) is 0 Å². The molecule has 2 aromatic rings. The van der Waals surface area contributed by atoms with Crippen LogP contribution >= 0.6 is 11.6 Å². The van der Waals surface area contributed by atoms with E-state index in [0.29, 0.717) is 0 Å². The largest absolute Gasteiger partial charge is 0.429 e. The Bertz CT molecular complexity index is 588. The molecule has 0 aliphatic carbocycles. The predicted octanol–water partition coefficient (Wildman–Crippen LogP) is 2.41. The van der Waals surface area contributed by atoms with Crippen molar-refractivity contribution in [3.05, 3.63) is 45.5 Å². The third-order valence-electron chi connectivity index (χ3n) is 2.01. The van der Waals surface area contributed by atoms with Gasteiger partial charge >= 0.3 is 5.69 Å². The minimum atomic E-state index is -0.591. The highest BCUT2D eigenvalue weighted by atomic mass is 35.5. The molecule has 1 aromatic heterocycles. The summed E-state index contributed by atoms with van der Waals surface area (Å²) in [6.45, 7) is 0. The molecule has 0 spiro atoms. The molecule has 0 bridgehead atoms. The lowest BCUT2D eigenvalue weighted by molar-refractivity contribution is -0.385. The van der Waals surface area contributed by atoms with Crippen LogP contribution in [-0.4, -0.2) is 15.1 Å². The van der Waals surface area contributed by atoms with Gasteiger partial charge in [0.05, 0.1) is 9.95 Å². The van der Waals surface area contributed by atoms with Crippen LogP contribution in [0.4, 0.5) is 11.5 Å². The van der Waals surface area contributed by atoms with Crippen molar-refractivity contribution in [1.82, 2.24) is 10.2 Å². The van der Waals surface area contributed by atoms with Crippen LogP contribution in [0.5, 0.6) is 11.6 Å². The molecule has 1 aromatic carbocycles. The highest BCUT2D eigenvalue weighted by molar-refractivity contribution is 6.32. The van der Waals surface area contributed by atoms with E-state index in [0.717, 1.165) is 0 Å². The van der Waals surface area contributed by atoms with Crippen LogP contribution in [0, 0.1) is 10.1 Å². The fourth-order valence-electron chi connectivity index (χ4n) is 1.23. The molecule has 1 heterocycles. The fourth-order valence-corrected chi connectivity index (χ4v) is 1.44. The summed E-state index contributed by atoms with van der Waals surface area (Å²) < 4.78 is 5.25. The van der Waals surface area contributed by atoms with Crippen molar-refractivity contribution >= 4 is 23.1 Å². The standard InChI is InChI=1S/C10H7ClN4O3/c11-6-2-1-3-7(15(16)17)10(6)18-9-5-4-8(12)13-14-9/h1-5H,(H2,12,13). The maximum atomic E-state index is 10.8. The first-order valence-electron chi connectivity index (χ1n) is 4.78. The average molecular weight is 267 g/mol. The van der Waals surface area contributed by atoms with Crippen LogP contribution in [0.15, 0.2) is 30.3 Å². The number of hydrogen-bond donors (Lipinski definition) is 1. The molecule has 92 valence electrons. The van der Waals surface area contributed by atoms with Gasteiger partial charge in [-0.25, -0.2) is 0 Å². The number of halogens is 1. The Labute approximate surface area is 106 Å². The van der Waals surface area contributed by atoms with Crippen molar-refractivity contribution in [2.24, 2.45) is 0 Å². The third kappa shape index (κ3) is 2.46. The smallest absolute Gasteiger partial charge is 0.313 e. The van der Waals surface area contributed by atoms with Gasteiger partial charge in [-0.05, 0) is 12.1 Å². The Morgan fingerprint density at radius 3 is 2.67 bits per heavy atom. The second-order valence-electron chi connectivity index (χ2n) is 3.24. The van der Waals surface area contributed by atoms with E-state index in [1.807, 2.05) is 0 Å². The number of hydrogen-bond acceptors (Lipinski definition) is 6. The Kier molecular flexibility index (Phi) is 3.24. The maximum absolute atomic E-state index is 10.8. The second-order valence-corrected chi connectivity index (χ2v) is 3.65. The summed E-state index contributed by atoms with van der Waals surface area (Å²) in [6, 6.07) is 7.13. The molecule has 0 saturated carbocycles. The zero-order valence-electron chi connectivity index (χ0n) is 8.91. The fraction of sp³-hybridized carbons (Fsp3) is 0. The molecule has 0 unspecified atom stereocenters. The van der Waals surface area contributed by atoms with E-state index >= 15 is 0 Å². The van der Waals surface area contributed by atoms with E-state index in [1.54, 1.807) is 0 Å².